The van der Waals surface area contributed by atoms with Crippen LogP contribution in [-0.4, -0.2) is 24.8 Å². The van der Waals surface area contributed by atoms with Crippen molar-refractivity contribution < 1.29 is 14.6 Å². The van der Waals surface area contributed by atoms with Crippen molar-refractivity contribution in [1.82, 2.24) is 0 Å². The number of rotatable bonds is 3. The molecule has 0 heterocycles. The summed E-state index contributed by atoms with van der Waals surface area (Å²) in [6.45, 7) is 1.89. The molecule has 0 aromatic heterocycles. The van der Waals surface area contributed by atoms with E-state index in [1.807, 2.05) is 0 Å². The average molecular weight is 118 g/mol. The largest absolute Gasteiger partial charge is 0.481 e. The zero-order chi connectivity index (χ0) is 6.57. The highest BCUT2D eigenvalue weighted by Crippen LogP contribution is 1.92. The van der Waals surface area contributed by atoms with Crippen LogP contribution >= 0.6 is 0 Å². The first-order valence-electron chi connectivity index (χ1n) is 2.40. The lowest BCUT2D eigenvalue weighted by atomic mass is 10.2. The number of ether oxygens (including phenoxy) is 1. The topological polar surface area (TPSA) is 46.5 Å². The SMILES string of the molecule is COC[C@@H](C)C(=O)O. The standard InChI is InChI=1S/C5H10O3/c1-4(3-8-2)5(6)7/h4H,3H2,1-2H3,(H,6,7)/t4-/m1/s1. The molecular weight excluding hydrogens is 108 g/mol. The van der Waals surface area contributed by atoms with Crippen LogP contribution in [0.15, 0.2) is 0 Å². The molecule has 0 aromatic rings. The number of hydrogen-bond donors (Lipinski definition) is 1. The Labute approximate surface area is 48.3 Å². The molecule has 0 spiro atoms. The Balaban J connectivity index is 3.32. The minimum atomic E-state index is -0.813. The number of methoxy groups -OCH3 is 1. The highest BCUT2D eigenvalue weighted by Gasteiger charge is 2.08. The van der Waals surface area contributed by atoms with Gasteiger partial charge < -0.3 is 9.84 Å². The third-order valence-electron chi connectivity index (χ3n) is 0.838. The van der Waals surface area contributed by atoms with Crippen molar-refractivity contribution in [3.63, 3.8) is 0 Å². The Morgan fingerprint density at radius 1 is 1.88 bits per heavy atom. The molecule has 8 heavy (non-hydrogen) atoms. The van der Waals surface area contributed by atoms with E-state index in [1.54, 1.807) is 6.92 Å². The van der Waals surface area contributed by atoms with Gasteiger partial charge in [-0.05, 0) is 6.92 Å². The summed E-state index contributed by atoms with van der Waals surface area (Å²) in [5, 5.41) is 8.23. The molecule has 3 nitrogen and oxygen atoms in total. The molecule has 0 fully saturated rings. The van der Waals surface area contributed by atoms with Gasteiger partial charge in [0.25, 0.3) is 0 Å². The number of aliphatic carboxylic acids is 1. The van der Waals surface area contributed by atoms with E-state index in [9.17, 15) is 4.79 Å². The molecule has 0 aliphatic carbocycles. The van der Waals surface area contributed by atoms with Gasteiger partial charge in [0.05, 0.1) is 12.5 Å². The van der Waals surface area contributed by atoms with Gasteiger partial charge in [0.1, 0.15) is 0 Å². The van der Waals surface area contributed by atoms with Crippen LogP contribution in [0.4, 0.5) is 0 Å². The molecule has 48 valence electrons. The second kappa shape index (κ2) is 3.43. The van der Waals surface area contributed by atoms with E-state index >= 15 is 0 Å². The lowest BCUT2D eigenvalue weighted by Gasteiger charge is -2.01. The Morgan fingerprint density at radius 3 is 2.50 bits per heavy atom. The Kier molecular flexibility index (Phi) is 3.19. The lowest BCUT2D eigenvalue weighted by Crippen LogP contribution is -2.14. The maximum absolute atomic E-state index is 10.0. The third-order valence-corrected chi connectivity index (χ3v) is 0.838. The molecule has 0 aliphatic heterocycles. The van der Waals surface area contributed by atoms with Gasteiger partial charge in [0.2, 0.25) is 0 Å². The van der Waals surface area contributed by atoms with Crippen LogP contribution in [0.25, 0.3) is 0 Å². The van der Waals surface area contributed by atoms with E-state index in [1.165, 1.54) is 7.11 Å². The first-order valence-corrected chi connectivity index (χ1v) is 2.40. The monoisotopic (exact) mass is 118 g/mol. The molecule has 0 aliphatic rings. The van der Waals surface area contributed by atoms with Gasteiger partial charge >= 0.3 is 5.97 Å². The fraction of sp³-hybridized carbons (Fsp3) is 0.800. The van der Waals surface area contributed by atoms with Gasteiger partial charge in [0.15, 0.2) is 0 Å². The summed E-state index contributed by atoms with van der Waals surface area (Å²) in [6.07, 6.45) is 0. The first-order chi connectivity index (χ1) is 3.68. The molecule has 0 saturated heterocycles. The third kappa shape index (κ3) is 2.58. The summed E-state index contributed by atoms with van der Waals surface area (Å²) >= 11 is 0. The van der Waals surface area contributed by atoms with E-state index in [0.717, 1.165) is 0 Å². The molecule has 0 amide bonds. The Bertz CT molecular complexity index is 79.7. The number of carbonyl (C=O) groups is 1. The van der Waals surface area contributed by atoms with Crippen molar-refractivity contribution in [2.75, 3.05) is 13.7 Å². The highest BCUT2D eigenvalue weighted by atomic mass is 16.5. The van der Waals surface area contributed by atoms with E-state index in [2.05, 4.69) is 4.74 Å². The predicted octanol–water partition coefficient (Wildman–Crippen LogP) is 0.354. The molecule has 0 unspecified atom stereocenters. The molecule has 0 rings (SSSR count). The second-order valence-corrected chi connectivity index (χ2v) is 1.69. The minimum Gasteiger partial charge on any atom is -0.481 e. The molecule has 0 radical (unpaired) electrons. The van der Waals surface area contributed by atoms with Crippen molar-refractivity contribution in [1.29, 1.82) is 0 Å². The summed E-state index contributed by atoms with van der Waals surface area (Å²) in [5.41, 5.74) is 0. The molecule has 1 N–H and O–H groups in total. The van der Waals surface area contributed by atoms with Crippen LogP contribution in [0, 0.1) is 5.92 Å². The summed E-state index contributed by atoms with van der Waals surface area (Å²) in [6, 6.07) is 0. The van der Waals surface area contributed by atoms with E-state index < -0.39 is 5.97 Å². The maximum atomic E-state index is 10.0. The average Bonchev–Trinajstić information content (AvgIpc) is 1.67. The molecule has 0 saturated carbocycles. The summed E-state index contributed by atoms with van der Waals surface area (Å²) in [4.78, 5) is 10.0. The molecule has 0 aromatic carbocycles. The molecule has 3 heteroatoms. The van der Waals surface area contributed by atoms with Crippen molar-refractivity contribution in [3.8, 4) is 0 Å². The van der Waals surface area contributed by atoms with Crippen molar-refractivity contribution in [2.24, 2.45) is 5.92 Å². The number of carboxylic acids is 1. The predicted molar refractivity (Wildman–Crippen MR) is 28.7 cm³/mol. The minimum absolute atomic E-state index is 0.287. The number of hydrogen-bond acceptors (Lipinski definition) is 2. The summed E-state index contributed by atoms with van der Waals surface area (Å²) in [5.74, 6) is -1.20. The van der Waals surface area contributed by atoms with Crippen molar-refractivity contribution in [3.05, 3.63) is 0 Å². The zero-order valence-corrected chi connectivity index (χ0v) is 5.05. The van der Waals surface area contributed by atoms with Crippen LogP contribution in [-0.2, 0) is 9.53 Å². The fourth-order valence-corrected chi connectivity index (χ4v) is 0.321. The van der Waals surface area contributed by atoms with Crippen LogP contribution in [0.2, 0.25) is 0 Å². The fourth-order valence-electron chi connectivity index (χ4n) is 0.321. The van der Waals surface area contributed by atoms with Gasteiger partial charge in [-0.1, -0.05) is 0 Å². The summed E-state index contributed by atoms with van der Waals surface area (Å²) < 4.78 is 4.58. The smallest absolute Gasteiger partial charge is 0.308 e. The van der Waals surface area contributed by atoms with E-state index in [4.69, 9.17) is 5.11 Å². The van der Waals surface area contributed by atoms with E-state index in [0.29, 0.717) is 0 Å². The molecular formula is C5H10O3. The normalized spacial score (nSPS) is 13.2. The molecule has 0 bridgehead atoms. The van der Waals surface area contributed by atoms with Crippen LogP contribution in [0.1, 0.15) is 6.92 Å². The Hall–Kier alpha value is -0.570. The van der Waals surface area contributed by atoms with Crippen molar-refractivity contribution in [2.45, 2.75) is 6.92 Å². The second-order valence-electron chi connectivity index (χ2n) is 1.69. The quantitative estimate of drug-likeness (QED) is 0.581. The maximum Gasteiger partial charge on any atom is 0.308 e. The highest BCUT2D eigenvalue weighted by molar-refractivity contribution is 5.69. The van der Waals surface area contributed by atoms with Crippen LogP contribution in [0.5, 0.6) is 0 Å². The zero-order valence-electron chi connectivity index (χ0n) is 5.05. The van der Waals surface area contributed by atoms with Gasteiger partial charge in [-0.2, -0.15) is 0 Å². The van der Waals surface area contributed by atoms with Crippen LogP contribution in [0.3, 0.4) is 0 Å². The summed E-state index contributed by atoms with van der Waals surface area (Å²) in [7, 11) is 1.49. The van der Waals surface area contributed by atoms with Crippen LogP contribution < -0.4 is 0 Å². The van der Waals surface area contributed by atoms with Gasteiger partial charge in [-0.25, -0.2) is 0 Å². The first kappa shape index (κ1) is 7.43. The van der Waals surface area contributed by atoms with Crippen molar-refractivity contribution >= 4 is 5.97 Å². The Morgan fingerprint density at radius 2 is 2.38 bits per heavy atom. The number of carboxylic acid groups (broad SMARTS) is 1. The van der Waals surface area contributed by atoms with Gasteiger partial charge in [-0.15, -0.1) is 0 Å². The lowest BCUT2D eigenvalue weighted by molar-refractivity contribution is -0.142. The van der Waals surface area contributed by atoms with Gasteiger partial charge in [-0.3, -0.25) is 4.79 Å². The van der Waals surface area contributed by atoms with Gasteiger partial charge in [0, 0.05) is 7.11 Å². The van der Waals surface area contributed by atoms with E-state index in [-0.39, 0.29) is 12.5 Å². The molecule has 1 atom stereocenters.